The molecule has 2 aromatic rings. The van der Waals surface area contributed by atoms with Gasteiger partial charge in [0.25, 0.3) is 0 Å². The topological polar surface area (TPSA) is 64.5 Å². The highest BCUT2D eigenvalue weighted by atomic mass is 19.3. The molecule has 2 N–H and O–H groups in total. The number of nitrogens with zero attached hydrogens (tertiary/aromatic N) is 2. The van der Waals surface area contributed by atoms with Gasteiger partial charge in [0.1, 0.15) is 11.5 Å². The highest BCUT2D eigenvalue weighted by Gasteiger charge is 2.16. The van der Waals surface area contributed by atoms with Crippen LogP contribution >= 0.6 is 0 Å². The SMILES string of the molecule is Cc1cc(CN(C)c2cc(OC(F)F)c(F)cc2N)no1. The number of anilines is 2. The van der Waals surface area contributed by atoms with Crippen molar-refractivity contribution in [2.24, 2.45) is 0 Å². The van der Waals surface area contributed by atoms with Crippen molar-refractivity contribution < 1.29 is 22.4 Å². The summed E-state index contributed by atoms with van der Waals surface area (Å²) in [7, 11) is 1.67. The molecular formula is C13H14F3N3O2. The third-order valence-electron chi connectivity index (χ3n) is 2.78. The summed E-state index contributed by atoms with van der Waals surface area (Å²) in [4.78, 5) is 1.63. The van der Waals surface area contributed by atoms with Crippen molar-refractivity contribution in [3.8, 4) is 5.75 Å². The number of aryl methyl sites for hydroxylation is 1. The highest BCUT2D eigenvalue weighted by Crippen LogP contribution is 2.32. The van der Waals surface area contributed by atoms with Gasteiger partial charge in [-0.25, -0.2) is 4.39 Å². The van der Waals surface area contributed by atoms with Crippen molar-refractivity contribution in [1.82, 2.24) is 5.16 Å². The molecule has 0 saturated heterocycles. The molecule has 0 bridgehead atoms. The molecule has 114 valence electrons. The second-order valence-electron chi connectivity index (χ2n) is 4.50. The Bertz CT molecular complexity index is 631. The number of hydrogen-bond acceptors (Lipinski definition) is 5. The van der Waals surface area contributed by atoms with Crippen LogP contribution in [-0.2, 0) is 6.54 Å². The monoisotopic (exact) mass is 301 g/mol. The van der Waals surface area contributed by atoms with Crippen LogP contribution in [0, 0.1) is 12.7 Å². The van der Waals surface area contributed by atoms with Gasteiger partial charge < -0.3 is 19.9 Å². The molecule has 1 aromatic heterocycles. The first-order chi connectivity index (χ1) is 9.86. The predicted octanol–water partition coefficient (Wildman–Crippen LogP) is 2.94. The fourth-order valence-electron chi connectivity index (χ4n) is 1.90. The number of ether oxygens (including phenoxy) is 1. The quantitative estimate of drug-likeness (QED) is 0.860. The summed E-state index contributed by atoms with van der Waals surface area (Å²) in [6.45, 7) is -1.04. The van der Waals surface area contributed by atoms with Crippen molar-refractivity contribution in [2.75, 3.05) is 17.7 Å². The van der Waals surface area contributed by atoms with Crippen molar-refractivity contribution in [3.63, 3.8) is 0 Å². The van der Waals surface area contributed by atoms with E-state index >= 15 is 0 Å². The molecule has 1 aromatic carbocycles. The van der Waals surface area contributed by atoms with Crippen LogP contribution in [0.1, 0.15) is 11.5 Å². The van der Waals surface area contributed by atoms with E-state index in [1.54, 1.807) is 24.9 Å². The number of hydrogen-bond donors (Lipinski definition) is 1. The van der Waals surface area contributed by atoms with E-state index in [0.717, 1.165) is 12.1 Å². The van der Waals surface area contributed by atoms with Crippen molar-refractivity contribution >= 4 is 11.4 Å². The number of nitrogen functional groups attached to an aromatic ring is 1. The van der Waals surface area contributed by atoms with E-state index < -0.39 is 18.2 Å². The van der Waals surface area contributed by atoms with Gasteiger partial charge in [-0.1, -0.05) is 5.16 Å². The van der Waals surface area contributed by atoms with E-state index in [1.165, 1.54) is 0 Å². The number of benzene rings is 1. The molecule has 0 aliphatic carbocycles. The first kappa shape index (κ1) is 15.0. The zero-order valence-electron chi connectivity index (χ0n) is 11.4. The molecule has 5 nitrogen and oxygen atoms in total. The molecule has 0 saturated carbocycles. The van der Waals surface area contributed by atoms with Gasteiger partial charge in [0.05, 0.1) is 17.9 Å². The fraction of sp³-hybridized carbons (Fsp3) is 0.308. The van der Waals surface area contributed by atoms with Crippen molar-refractivity contribution in [1.29, 1.82) is 0 Å². The van der Waals surface area contributed by atoms with Crippen LogP contribution in [-0.4, -0.2) is 18.8 Å². The van der Waals surface area contributed by atoms with Crippen LogP contribution in [0.15, 0.2) is 22.7 Å². The maximum absolute atomic E-state index is 13.5. The molecule has 0 aliphatic rings. The molecule has 0 atom stereocenters. The smallest absolute Gasteiger partial charge is 0.387 e. The largest absolute Gasteiger partial charge is 0.432 e. The second-order valence-corrected chi connectivity index (χ2v) is 4.50. The Morgan fingerprint density at radius 1 is 1.38 bits per heavy atom. The number of rotatable bonds is 5. The van der Waals surface area contributed by atoms with E-state index in [1.807, 2.05) is 0 Å². The lowest BCUT2D eigenvalue weighted by molar-refractivity contribution is -0.0521. The van der Waals surface area contributed by atoms with E-state index in [4.69, 9.17) is 10.3 Å². The molecule has 2 rings (SSSR count). The Labute approximate surface area is 119 Å². The summed E-state index contributed by atoms with van der Waals surface area (Å²) < 4.78 is 47.0. The maximum atomic E-state index is 13.5. The van der Waals surface area contributed by atoms with E-state index in [2.05, 4.69) is 9.89 Å². The van der Waals surface area contributed by atoms with E-state index in [-0.39, 0.29) is 5.69 Å². The highest BCUT2D eigenvalue weighted by molar-refractivity contribution is 5.69. The minimum atomic E-state index is -3.11. The third-order valence-corrected chi connectivity index (χ3v) is 2.78. The number of nitrogens with two attached hydrogens (primary N) is 1. The van der Waals surface area contributed by atoms with Crippen LogP contribution in [0.4, 0.5) is 24.5 Å². The van der Waals surface area contributed by atoms with Crippen LogP contribution in [0.3, 0.4) is 0 Å². The molecular weight excluding hydrogens is 287 g/mol. The summed E-state index contributed by atoms with van der Waals surface area (Å²) in [5.74, 6) is -0.855. The van der Waals surface area contributed by atoms with Gasteiger partial charge in [0, 0.05) is 25.2 Å². The zero-order chi connectivity index (χ0) is 15.6. The van der Waals surface area contributed by atoms with E-state index in [9.17, 15) is 13.2 Å². The first-order valence-corrected chi connectivity index (χ1v) is 6.04. The summed E-state index contributed by atoms with van der Waals surface area (Å²) >= 11 is 0. The molecule has 0 unspecified atom stereocenters. The van der Waals surface area contributed by atoms with Gasteiger partial charge in [-0.05, 0) is 6.92 Å². The van der Waals surface area contributed by atoms with Crippen LogP contribution in [0.5, 0.6) is 5.75 Å². The summed E-state index contributed by atoms with van der Waals surface area (Å²) in [5.41, 5.74) is 6.81. The van der Waals surface area contributed by atoms with Crippen LogP contribution in [0.2, 0.25) is 0 Å². The number of halogens is 3. The van der Waals surface area contributed by atoms with Crippen molar-refractivity contribution in [3.05, 3.63) is 35.5 Å². The average molecular weight is 301 g/mol. The summed E-state index contributed by atoms with van der Waals surface area (Å²) in [6.07, 6.45) is 0. The van der Waals surface area contributed by atoms with Gasteiger partial charge in [-0.15, -0.1) is 0 Å². The number of aromatic nitrogens is 1. The summed E-state index contributed by atoms with van der Waals surface area (Å²) in [5, 5.41) is 3.82. The minimum Gasteiger partial charge on any atom is -0.432 e. The first-order valence-electron chi connectivity index (χ1n) is 6.04. The van der Waals surface area contributed by atoms with Gasteiger partial charge >= 0.3 is 6.61 Å². The Morgan fingerprint density at radius 2 is 2.10 bits per heavy atom. The van der Waals surface area contributed by atoms with Gasteiger partial charge in [-0.3, -0.25) is 0 Å². The molecule has 0 aliphatic heterocycles. The summed E-state index contributed by atoms with van der Waals surface area (Å²) in [6, 6.07) is 3.80. The van der Waals surface area contributed by atoms with Crippen LogP contribution < -0.4 is 15.4 Å². The number of alkyl halides is 2. The maximum Gasteiger partial charge on any atom is 0.387 e. The predicted molar refractivity (Wildman–Crippen MR) is 70.8 cm³/mol. The molecule has 21 heavy (non-hydrogen) atoms. The Kier molecular flexibility index (Phi) is 4.25. The molecule has 0 radical (unpaired) electrons. The van der Waals surface area contributed by atoms with Crippen LogP contribution in [0.25, 0.3) is 0 Å². The third kappa shape index (κ3) is 3.59. The van der Waals surface area contributed by atoms with Crippen molar-refractivity contribution in [2.45, 2.75) is 20.1 Å². The Balaban J connectivity index is 2.25. The zero-order valence-corrected chi connectivity index (χ0v) is 11.4. The lowest BCUT2D eigenvalue weighted by Crippen LogP contribution is -2.18. The standard InChI is InChI=1S/C13H14F3N3O2/c1-7-3-8(18-21-7)6-19(2)11-5-12(20-13(15)16)9(14)4-10(11)17/h3-5,13H,6,17H2,1-2H3. The van der Waals surface area contributed by atoms with Gasteiger partial charge in [0.15, 0.2) is 11.6 Å². The van der Waals surface area contributed by atoms with Gasteiger partial charge in [0.2, 0.25) is 0 Å². The lowest BCUT2D eigenvalue weighted by atomic mass is 10.2. The molecule has 8 heteroatoms. The Morgan fingerprint density at radius 3 is 2.67 bits per heavy atom. The normalized spacial score (nSPS) is 11.0. The average Bonchev–Trinajstić information content (AvgIpc) is 2.77. The lowest BCUT2D eigenvalue weighted by Gasteiger charge is -2.21. The molecule has 0 spiro atoms. The minimum absolute atomic E-state index is 0.108. The fourth-order valence-corrected chi connectivity index (χ4v) is 1.90. The van der Waals surface area contributed by atoms with Gasteiger partial charge in [-0.2, -0.15) is 8.78 Å². The Hall–Kier alpha value is -2.38. The molecule has 0 fully saturated rings. The molecule has 1 heterocycles. The molecule has 0 amide bonds. The second kappa shape index (κ2) is 5.94. The van der Waals surface area contributed by atoms with E-state index in [0.29, 0.717) is 23.7 Å².